The van der Waals surface area contributed by atoms with Gasteiger partial charge in [0.15, 0.2) is 0 Å². The van der Waals surface area contributed by atoms with Crippen LogP contribution in [-0.4, -0.2) is 17.3 Å². The number of fused-ring (bicyclic) bond motifs is 1. The Hall–Kier alpha value is -4.34. The highest BCUT2D eigenvalue weighted by Gasteiger charge is 2.32. The van der Waals surface area contributed by atoms with E-state index in [1.54, 1.807) is 25.1 Å². The molecule has 4 rings (SSSR count). The molecule has 0 bridgehead atoms. The SMILES string of the molecule is Cc1c(C(NC=O)c2cccc(F)c2)c(NC(=O)c2cc(F)cc(C(F)(F)F)c2)cc2ncccc12. The molecule has 10 heteroatoms. The quantitative estimate of drug-likeness (QED) is 0.255. The second-order valence-electron chi connectivity index (χ2n) is 7.99. The maximum absolute atomic E-state index is 14.0. The van der Waals surface area contributed by atoms with Crippen LogP contribution in [0.1, 0.15) is 38.7 Å². The minimum Gasteiger partial charge on any atom is -0.348 e. The molecule has 0 spiro atoms. The number of halogens is 5. The second-order valence-corrected chi connectivity index (χ2v) is 7.99. The lowest BCUT2D eigenvalue weighted by Crippen LogP contribution is -2.24. The van der Waals surface area contributed by atoms with Gasteiger partial charge in [0.05, 0.1) is 17.1 Å². The first-order chi connectivity index (χ1) is 17.1. The Kier molecular flexibility index (Phi) is 6.69. The number of rotatable bonds is 6. The van der Waals surface area contributed by atoms with Gasteiger partial charge in [0, 0.05) is 28.4 Å². The van der Waals surface area contributed by atoms with Crippen LogP contribution >= 0.6 is 0 Å². The van der Waals surface area contributed by atoms with Crippen LogP contribution in [0.25, 0.3) is 10.9 Å². The van der Waals surface area contributed by atoms with Crippen LogP contribution in [0.5, 0.6) is 0 Å². The highest BCUT2D eigenvalue weighted by Crippen LogP contribution is 2.36. The number of benzene rings is 3. The number of carbonyl (C=O) groups excluding carboxylic acids is 2. The molecular formula is C26H18F5N3O2. The Bertz CT molecular complexity index is 1470. The summed E-state index contributed by atoms with van der Waals surface area (Å²) < 4.78 is 67.4. The molecule has 0 saturated carbocycles. The van der Waals surface area contributed by atoms with Gasteiger partial charge in [-0.1, -0.05) is 18.2 Å². The maximum atomic E-state index is 14.0. The van der Waals surface area contributed by atoms with Gasteiger partial charge in [-0.3, -0.25) is 14.6 Å². The van der Waals surface area contributed by atoms with Crippen LogP contribution < -0.4 is 10.6 Å². The smallest absolute Gasteiger partial charge is 0.348 e. The van der Waals surface area contributed by atoms with Crippen molar-refractivity contribution in [1.82, 2.24) is 10.3 Å². The Labute approximate surface area is 202 Å². The average molecular weight is 499 g/mol. The molecule has 0 aliphatic rings. The topological polar surface area (TPSA) is 71.1 Å². The lowest BCUT2D eigenvalue weighted by molar-refractivity contribution is -0.137. The normalized spacial score (nSPS) is 12.3. The fourth-order valence-corrected chi connectivity index (χ4v) is 4.07. The van der Waals surface area contributed by atoms with Gasteiger partial charge in [-0.2, -0.15) is 13.2 Å². The Morgan fingerprint density at radius 3 is 2.47 bits per heavy atom. The Morgan fingerprint density at radius 1 is 1.00 bits per heavy atom. The van der Waals surface area contributed by atoms with Crippen LogP contribution in [0.3, 0.4) is 0 Å². The van der Waals surface area contributed by atoms with Crippen molar-refractivity contribution >= 4 is 28.9 Å². The number of carbonyl (C=O) groups is 2. The number of anilines is 1. The number of pyridine rings is 1. The highest BCUT2D eigenvalue weighted by atomic mass is 19.4. The van der Waals surface area contributed by atoms with Crippen molar-refractivity contribution < 1.29 is 31.5 Å². The molecule has 2 N–H and O–H groups in total. The number of nitrogens with zero attached hydrogens (tertiary/aromatic N) is 1. The standard InChI is InChI=1S/C26H18F5N3O2/c1-14-20-6-3-7-32-21(20)12-22(23(14)24(33-13-35)15-4-2-5-18(27)9-15)34-25(36)16-8-17(26(29,30)31)11-19(28)10-16/h2-13,24H,1H3,(H,33,35)(H,34,36). The third kappa shape index (κ3) is 5.02. The van der Waals surface area contributed by atoms with Crippen molar-refractivity contribution in [3.8, 4) is 0 Å². The molecular weight excluding hydrogens is 481 g/mol. The molecule has 4 aromatic rings. The fraction of sp³-hybridized carbons (Fsp3) is 0.115. The summed E-state index contributed by atoms with van der Waals surface area (Å²) in [5, 5.41) is 5.81. The zero-order valence-corrected chi connectivity index (χ0v) is 18.7. The summed E-state index contributed by atoms with van der Waals surface area (Å²) in [4.78, 5) is 28.8. The number of hydrogen-bond acceptors (Lipinski definition) is 3. The van der Waals surface area contributed by atoms with Crippen LogP contribution in [0.15, 0.2) is 66.9 Å². The maximum Gasteiger partial charge on any atom is 0.416 e. The molecule has 1 heterocycles. The number of amides is 2. The van der Waals surface area contributed by atoms with Crippen LogP contribution in [0.4, 0.5) is 27.6 Å². The van der Waals surface area contributed by atoms with Gasteiger partial charge in [-0.25, -0.2) is 8.78 Å². The largest absolute Gasteiger partial charge is 0.416 e. The number of nitrogens with one attached hydrogen (secondary N) is 2. The molecule has 184 valence electrons. The third-order valence-corrected chi connectivity index (χ3v) is 5.66. The summed E-state index contributed by atoms with van der Waals surface area (Å²) >= 11 is 0. The van der Waals surface area contributed by atoms with E-state index in [2.05, 4.69) is 15.6 Å². The van der Waals surface area contributed by atoms with Crippen LogP contribution in [0.2, 0.25) is 0 Å². The second kappa shape index (κ2) is 9.73. The summed E-state index contributed by atoms with van der Waals surface area (Å²) in [5.74, 6) is -2.80. The van der Waals surface area contributed by atoms with E-state index in [4.69, 9.17) is 0 Å². The molecule has 1 atom stereocenters. The number of aromatic nitrogens is 1. The average Bonchev–Trinajstić information content (AvgIpc) is 2.82. The summed E-state index contributed by atoms with van der Waals surface area (Å²) in [6, 6.07) is 11.0. The minimum atomic E-state index is -4.86. The molecule has 0 saturated heterocycles. The molecule has 1 unspecified atom stereocenters. The van der Waals surface area contributed by atoms with Gasteiger partial charge in [-0.05, 0) is 60.5 Å². The molecule has 3 aromatic carbocycles. The lowest BCUT2D eigenvalue weighted by Gasteiger charge is -2.24. The third-order valence-electron chi connectivity index (χ3n) is 5.66. The number of hydrogen-bond donors (Lipinski definition) is 2. The number of aryl methyl sites for hydroxylation is 1. The lowest BCUT2D eigenvalue weighted by atomic mass is 9.90. The van der Waals surface area contributed by atoms with Gasteiger partial charge in [0.1, 0.15) is 11.6 Å². The van der Waals surface area contributed by atoms with Crippen LogP contribution in [-0.2, 0) is 11.0 Å². The molecule has 0 radical (unpaired) electrons. The van der Waals surface area contributed by atoms with Crippen molar-refractivity contribution in [3.63, 3.8) is 0 Å². The zero-order chi connectivity index (χ0) is 26.0. The van der Waals surface area contributed by atoms with E-state index in [1.165, 1.54) is 30.5 Å². The first kappa shape index (κ1) is 24.8. The van der Waals surface area contributed by atoms with Crippen molar-refractivity contribution in [2.45, 2.75) is 19.1 Å². The van der Waals surface area contributed by atoms with Gasteiger partial charge < -0.3 is 10.6 Å². The van der Waals surface area contributed by atoms with E-state index >= 15 is 0 Å². The Morgan fingerprint density at radius 2 is 1.78 bits per heavy atom. The summed E-state index contributed by atoms with van der Waals surface area (Å²) in [6.07, 6.45) is -2.93. The monoisotopic (exact) mass is 499 g/mol. The predicted molar refractivity (Wildman–Crippen MR) is 123 cm³/mol. The van der Waals surface area contributed by atoms with Gasteiger partial charge in [-0.15, -0.1) is 0 Å². The zero-order valence-electron chi connectivity index (χ0n) is 18.7. The first-order valence-electron chi connectivity index (χ1n) is 10.6. The van der Waals surface area contributed by atoms with E-state index in [9.17, 15) is 31.5 Å². The summed E-state index contributed by atoms with van der Waals surface area (Å²) in [7, 11) is 0. The summed E-state index contributed by atoms with van der Waals surface area (Å²) in [6.45, 7) is 1.71. The fourth-order valence-electron chi connectivity index (χ4n) is 4.07. The van der Waals surface area contributed by atoms with Crippen molar-refractivity contribution in [1.29, 1.82) is 0 Å². The molecule has 36 heavy (non-hydrogen) atoms. The highest BCUT2D eigenvalue weighted by molar-refractivity contribution is 6.06. The van der Waals surface area contributed by atoms with Gasteiger partial charge in [0.25, 0.3) is 5.91 Å². The van der Waals surface area contributed by atoms with E-state index in [0.717, 1.165) is 0 Å². The van der Waals surface area contributed by atoms with E-state index < -0.39 is 40.9 Å². The van der Waals surface area contributed by atoms with E-state index in [1.807, 2.05) is 0 Å². The number of alkyl halides is 3. The molecule has 0 fully saturated rings. The first-order valence-corrected chi connectivity index (χ1v) is 10.6. The van der Waals surface area contributed by atoms with Crippen LogP contribution in [0, 0.1) is 18.6 Å². The van der Waals surface area contributed by atoms with Gasteiger partial charge >= 0.3 is 6.18 Å². The molecule has 0 aliphatic heterocycles. The molecule has 2 amide bonds. The van der Waals surface area contributed by atoms with E-state index in [0.29, 0.717) is 52.2 Å². The molecule has 1 aromatic heterocycles. The summed E-state index contributed by atoms with van der Waals surface area (Å²) in [5.41, 5.74) is -0.0292. The molecule has 5 nitrogen and oxygen atoms in total. The Balaban J connectivity index is 1.88. The minimum absolute atomic E-state index is 0.102. The van der Waals surface area contributed by atoms with E-state index in [-0.39, 0.29) is 5.69 Å². The van der Waals surface area contributed by atoms with Crippen molar-refractivity contribution in [2.24, 2.45) is 0 Å². The van der Waals surface area contributed by atoms with Crippen molar-refractivity contribution in [2.75, 3.05) is 5.32 Å². The van der Waals surface area contributed by atoms with Gasteiger partial charge in [0.2, 0.25) is 6.41 Å². The van der Waals surface area contributed by atoms with Crippen molar-refractivity contribution in [3.05, 3.63) is 106 Å². The molecule has 0 aliphatic carbocycles. The predicted octanol–water partition coefficient (Wildman–Crippen LogP) is 5.93.